The maximum atomic E-state index is 12.9. The molecule has 1 unspecified atom stereocenters. The standard InChI is InChI=1S/C22H25N3O5/c1-6-30-21(28)18-13(3)19(23-14(18)4)17(26)11-24-20(27)15(5)25(22(24)29)16-9-7-12(2)8-10-16/h7-10,15,23H,6,11H2,1-5H3. The van der Waals surface area contributed by atoms with Crippen LogP contribution in [0.4, 0.5) is 10.5 Å². The number of amides is 3. The molecule has 2 heterocycles. The first-order valence-corrected chi connectivity index (χ1v) is 9.78. The topological polar surface area (TPSA) is 99.8 Å². The molecule has 1 aromatic heterocycles. The smallest absolute Gasteiger partial charge is 0.340 e. The lowest BCUT2D eigenvalue weighted by molar-refractivity contribution is -0.126. The molecule has 8 heteroatoms. The van der Waals surface area contributed by atoms with Crippen LogP contribution in [0.25, 0.3) is 0 Å². The second kappa shape index (κ2) is 8.14. The molecule has 1 aromatic carbocycles. The van der Waals surface area contributed by atoms with E-state index in [1.54, 1.807) is 39.8 Å². The lowest BCUT2D eigenvalue weighted by Crippen LogP contribution is -2.37. The van der Waals surface area contributed by atoms with E-state index < -0.39 is 36.3 Å². The molecule has 30 heavy (non-hydrogen) atoms. The Balaban J connectivity index is 1.84. The van der Waals surface area contributed by atoms with Gasteiger partial charge in [0.1, 0.15) is 6.04 Å². The number of H-pyrrole nitrogens is 1. The molecule has 8 nitrogen and oxygen atoms in total. The zero-order chi connectivity index (χ0) is 22.2. The van der Waals surface area contributed by atoms with Crippen LogP contribution in [0.5, 0.6) is 0 Å². The number of carbonyl (C=O) groups is 4. The number of anilines is 1. The molecule has 0 saturated carbocycles. The second-order valence-electron chi connectivity index (χ2n) is 7.36. The van der Waals surface area contributed by atoms with E-state index in [0.717, 1.165) is 10.5 Å². The van der Waals surface area contributed by atoms with Gasteiger partial charge in [0.25, 0.3) is 5.91 Å². The summed E-state index contributed by atoms with van der Waals surface area (Å²) in [6.45, 7) is 8.38. The minimum atomic E-state index is -0.713. The number of aromatic amines is 1. The molecule has 3 rings (SSSR count). The van der Waals surface area contributed by atoms with Gasteiger partial charge in [0, 0.05) is 11.4 Å². The van der Waals surface area contributed by atoms with Crippen molar-refractivity contribution in [2.24, 2.45) is 0 Å². The Morgan fingerprint density at radius 1 is 1.10 bits per heavy atom. The van der Waals surface area contributed by atoms with E-state index >= 15 is 0 Å². The van der Waals surface area contributed by atoms with E-state index in [9.17, 15) is 19.2 Å². The Kier molecular flexibility index (Phi) is 5.78. The van der Waals surface area contributed by atoms with Crippen LogP contribution in [0, 0.1) is 20.8 Å². The van der Waals surface area contributed by atoms with Gasteiger partial charge in [-0.05, 0) is 52.3 Å². The Bertz CT molecular complexity index is 1020. The maximum Gasteiger partial charge on any atom is 0.340 e. The number of carbonyl (C=O) groups excluding carboxylic acids is 4. The fourth-order valence-corrected chi connectivity index (χ4v) is 3.67. The number of hydrogen-bond donors (Lipinski definition) is 1. The van der Waals surface area contributed by atoms with Gasteiger partial charge in [0.05, 0.1) is 24.4 Å². The number of Topliss-reactive ketones (excluding diaryl/α,β-unsaturated/α-hetero) is 1. The van der Waals surface area contributed by atoms with Crippen LogP contribution in [-0.2, 0) is 9.53 Å². The van der Waals surface area contributed by atoms with Gasteiger partial charge in [-0.1, -0.05) is 17.7 Å². The first-order valence-electron chi connectivity index (χ1n) is 9.78. The van der Waals surface area contributed by atoms with Crippen LogP contribution >= 0.6 is 0 Å². The molecule has 0 spiro atoms. The van der Waals surface area contributed by atoms with E-state index in [1.165, 1.54) is 4.90 Å². The molecule has 1 saturated heterocycles. The third-order valence-corrected chi connectivity index (χ3v) is 5.26. The highest BCUT2D eigenvalue weighted by Gasteiger charge is 2.44. The molecule has 158 valence electrons. The lowest BCUT2D eigenvalue weighted by Gasteiger charge is -2.19. The number of nitrogens with one attached hydrogen (secondary N) is 1. The first kappa shape index (κ1) is 21.3. The predicted octanol–water partition coefficient (Wildman–Crippen LogP) is 3.16. The van der Waals surface area contributed by atoms with Crippen molar-refractivity contribution in [2.45, 2.75) is 40.7 Å². The van der Waals surface area contributed by atoms with Crippen molar-refractivity contribution in [2.75, 3.05) is 18.1 Å². The van der Waals surface area contributed by atoms with Gasteiger partial charge in [-0.25, -0.2) is 9.59 Å². The van der Waals surface area contributed by atoms with Gasteiger partial charge >= 0.3 is 12.0 Å². The summed E-state index contributed by atoms with van der Waals surface area (Å²) in [5.74, 6) is -1.42. The van der Waals surface area contributed by atoms with Crippen molar-refractivity contribution in [3.8, 4) is 0 Å². The Labute approximate surface area is 174 Å². The summed E-state index contributed by atoms with van der Waals surface area (Å²) in [6.07, 6.45) is 0. The van der Waals surface area contributed by atoms with Crippen LogP contribution in [0.2, 0.25) is 0 Å². The molecule has 1 aliphatic heterocycles. The minimum absolute atomic E-state index is 0.192. The molecule has 0 aliphatic carbocycles. The molecule has 1 aliphatic rings. The fraction of sp³-hybridized carbons (Fsp3) is 0.364. The number of aryl methyl sites for hydroxylation is 2. The highest BCUT2D eigenvalue weighted by Crippen LogP contribution is 2.27. The van der Waals surface area contributed by atoms with Crippen LogP contribution in [0.15, 0.2) is 24.3 Å². The molecular formula is C22H25N3O5. The number of imide groups is 1. The summed E-state index contributed by atoms with van der Waals surface area (Å²) >= 11 is 0. The van der Waals surface area contributed by atoms with Crippen LogP contribution < -0.4 is 4.90 Å². The molecule has 1 atom stereocenters. The zero-order valence-corrected chi connectivity index (χ0v) is 17.7. The van der Waals surface area contributed by atoms with E-state index in [-0.39, 0.29) is 12.3 Å². The van der Waals surface area contributed by atoms with Gasteiger partial charge in [0.2, 0.25) is 0 Å². The molecule has 3 amide bonds. The number of urea groups is 1. The van der Waals surface area contributed by atoms with E-state index in [0.29, 0.717) is 22.5 Å². The molecule has 0 radical (unpaired) electrons. The number of aromatic nitrogens is 1. The van der Waals surface area contributed by atoms with Gasteiger partial charge in [0.15, 0.2) is 5.78 Å². The van der Waals surface area contributed by atoms with Crippen molar-refractivity contribution < 1.29 is 23.9 Å². The third kappa shape index (κ3) is 3.60. The second-order valence-corrected chi connectivity index (χ2v) is 7.36. The van der Waals surface area contributed by atoms with Crippen molar-refractivity contribution >= 4 is 29.4 Å². The van der Waals surface area contributed by atoms with Gasteiger partial charge < -0.3 is 9.72 Å². The number of nitrogens with zero attached hydrogens (tertiary/aromatic N) is 2. The van der Waals surface area contributed by atoms with E-state index in [4.69, 9.17) is 4.74 Å². The number of benzene rings is 1. The summed E-state index contributed by atoms with van der Waals surface area (Å²) in [5.41, 5.74) is 3.07. The summed E-state index contributed by atoms with van der Waals surface area (Å²) in [4.78, 5) is 55.9. The quantitative estimate of drug-likeness (QED) is 0.447. The minimum Gasteiger partial charge on any atom is -0.462 e. The predicted molar refractivity (Wildman–Crippen MR) is 111 cm³/mol. The van der Waals surface area contributed by atoms with Crippen molar-refractivity contribution in [1.29, 1.82) is 0 Å². The average molecular weight is 411 g/mol. The molecule has 1 fully saturated rings. The summed E-state index contributed by atoms with van der Waals surface area (Å²) in [5, 5.41) is 0. The highest BCUT2D eigenvalue weighted by molar-refractivity contribution is 6.16. The summed E-state index contributed by atoms with van der Waals surface area (Å²) in [6, 6.07) is 6.00. The van der Waals surface area contributed by atoms with Gasteiger partial charge in [-0.3, -0.25) is 19.4 Å². The Hall–Kier alpha value is -3.42. The summed E-state index contributed by atoms with van der Waals surface area (Å²) in [7, 11) is 0. The number of hydrogen-bond acceptors (Lipinski definition) is 5. The first-order chi connectivity index (χ1) is 14.2. The van der Waals surface area contributed by atoms with Crippen LogP contribution in [0.1, 0.15) is 51.5 Å². The number of ketones is 1. The fourth-order valence-electron chi connectivity index (χ4n) is 3.67. The number of ether oxygens (including phenoxy) is 1. The Morgan fingerprint density at radius 2 is 1.73 bits per heavy atom. The largest absolute Gasteiger partial charge is 0.462 e. The van der Waals surface area contributed by atoms with E-state index in [2.05, 4.69) is 4.98 Å². The molecule has 0 bridgehead atoms. The lowest BCUT2D eigenvalue weighted by atomic mass is 10.1. The van der Waals surface area contributed by atoms with E-state index in [1.807, 2.05) is 19.1 Å². The Morgan fingerprint density at radius 3 is 2.33 bits per heavy atom. The zero-order valence-electron chi connectivity index (χ0n) is 17.7. The van der Waals surface area contributed by atoms with Crippen molar-refractivity contribution in [3.63, 3.8) is 0 Å². The highest BCUT2D eigenvalue weighted by atomic mass is 16.5. The van der Waals surface area contributed by atoms with Crippen LogP contribution in [0.3, 0.4) is 0 Å². The maximum absolute atomic E-state index is 12.9. The SMILES string of the molecule is CCOC(=O)c1c(C)[nH]c(C(=O)CN2C(=O)C(C)N(c3ccc(C)cc3)C2=O)c1C. The van der Waals surface area contributed by atoms with Crippen molar-refractivity contribution in [3.05, 3.63) is 52.3 Å². The number of esters is 1. The van der Waals surface area contributed by atoms with Gasteiger partial charge in [-0.2, -0.15) is 0 Å². The normalized spacial score (nSPS) is 16.4. The molecule has 2 aromatic rings. The summed E-state index contributed by atoms with van der Waals surface area (Å²) < 4.78 is 5.04. The molecular weight excluding hydrogens is 386 g/mol. The van der Waals surface area contributed by atoms with Crippen LogP contribution in [-0.4, -0.2) is 52.8 Å². The number of rotatable bonds is 6. The monoisotopic (exact) mass is 411 g/mol. The average Bonchev–Trinajstić information content (AvgIpc) is 3.11. The molecule has 1 N–H and O–H groups in total. The third-order valence-electron chi connectivity index (χ3n) is 5.26. The van der Waals surface area contributed by atoms with Gasteiger partial charge in [-0.15, -0.1) is 0 Å². The van der Waals surface area contributed by atoms with Crippen molar-refractivity contribution in [1.82, 2.24) is 9.88 Å².